The number of fused-ring (bicyclic) bond motifs is 1. The summed E-state index contributed by atoms with van der Waals surface area (Å²) in [6.45, 7) is 2.08. The number of benzene rings is 1. The molecule has 0 aliphatic carbocycles. The second-order valence-corrected chi connectivity index (χ2v) is 5.19. The molecule has 0 bridgehead atoms. The summed E-state index contributed by atoms with van der Waals surface area (Å²) in [6, 6.07) is 5.80. The molecule has 104 valence electrons. The first kappa shape index (κ1) is 12.7. The smallest absolute Gasteiger partial charge is 0.241 e. The van der Waals surface area contributed by atoms with Gasteiger partial charge in [-0.25, -0.2) is 0 Å². The average Bonchev–Trinajstić information content (AvgIpc) is 2.62. The van der Waals surface area contributed by atoms with Crippen molar-refractivity contribution in [1.29, 1.82) is 0 Å². The standard InChI is InChI=1S/C15H18N4O/c1-18-7-2-8-19(10-15(18)20)14-4-3-13(16)11-5-6-17-9-12(11)14/h3-6,9H,2,7-8,10,16H2,1H3. The number of amides is 1. The number of pyridine rings is 1. The summed E-state index contributed by atoms with van der Waals surface area (Å²) in [5, 5.41) is 1.99. The molecule has 1 aliphatic rings. The topological polar surface area (TPSA) is 62.5 Å². The Labute approximate surface area is 118 Å². The molecule has 0 saturated carbocycles. The first-order chi connectivity index (χ1) is 9.66. The fourth-order valence-corrected chi connectivity index (χ4v) is 2.67. The van der Waals surface area contributed by atoms with Crippen LogP contribution in [0, 0.1) is 0 Å². The zero-order valence-electron chi connectivity index (χ0n) is 11.5. The number of hydrogen-bond donors (Lipinski definition) is 1. The first-order valence-corrected chi connectivity index (χ1v) is 6.78. The highest BCUT2D eigenvalue weighted by atomic mass is 16.2. The number of anilines is 2. The maximum absolute atomic E-state index is 12.0. The van der Waals surface area contributed by atoms with Crippen LogP contribution in [0.4, 0.5) is 11.4 Å². The molecule has 0 atom stereocenters. The van der Waals surface area contributed by atoms with Gasteiger partial charge in [-0.2, -0.15) is 0 Å². The predicted octanol–water partition coefficient (Wildman–Crippen LogP) is 1.49. The third kappa shape index (κ3) is 2.15. The number of rotatable bonds is 1. The molecule has 1 saturated heterocycles. The van der Waals surface area contributed by atoms with E-state index in [2.05, 4.69) is 9.88 Å². The van der Waals surface area contributed by atoms with Crippen LogP contribution < -0.4 is 10.6 Å². The van der Waals surface area contributed by atoms with Gasteiger partial charge in [-0.15, -0.1) is 0 Å². The van der Waals surface area contributed by atoms with E-state index >= 15 is 0 Å². The van der Waals surface area contributed by atoms with Gasteiger partial charge in [0.15, 0.2) is 0 Å². The SMILES string of the molecule is CN1CCCN(c2ccc(N)c3ccncc23)CC1=O. The molecule has 1 aromatic carbocycles. The third-order valence-corrected chi connectivity index (χ3v) is 3.84. The molecule has 1 aromatic heterocycles. The molecule has 5 nitrogen and oxygen atoms in total. The zero-order chi connectivity index (χ0) is 14.1. The van der Waals surface area contributed by atoms with Gasteiger partial charge >= 0.3 is 0 Å². The highest BCUT2D eigenvalue weighted by molar-refractivity contribution is 6.01. The Kier molecular flexibility index (Phi) is 3.18. The first-order valence-electron chi connectivity index (χ1n) is 6.78. The Bertz CT molecular complexity index is 655. The van der Waals surface area contributed by atoms with Gasteiger partial charge < -0.3 is 15.5 Å². The van der Waals surface area contributed by atoms with Crippen molar-refractivity contribution in [2.45, 2.75) is 6.42 Å². The zero-order valence-corrected chi connectivity index (χ0v) is 11.5. The molecule has 0 radical (unpaired) electrons. The van der Waals surface area contributed by atoms with Crippen LogP contribution in [0.15, 0.2) is 30.6 Å². The van der Waals surface area contributed by atoms with Gasteiger partial charge in [-0.05, 0) is 24.6 Å². The molecule has 1 amide bonds. The molecule has 1 fully saturated rings. The number of nitrogen functional groups attached to an aromatic ring is 1. The van der Waals surface area contributed by atoms with E-state index in [1.54, 1.807) is 11.1 Å². The summed E-state index contributed by atoms with van der Waals surface area (Å²) in [7, 11) is 1.86. The predicted molar refractivity (Wildman–Crippen MR) is 80.6 cm³/mol. The second-order valence-electron chi connectivity index (χ2n) is 5.19. The molecule has 2 N–H and O–H groups in total. The largest absolute Gasteiger partial charge is 0.398 e. The summed E-state index contributed by atoms with van der Waals surface area (Å²) in [5.41, 5.74) is 7.79. The second kappa shape index (κ2) is 5.00. The van der Waals surface area contributed by atoms with Gasteiger partial charge in [0.2, 0.25) is 5.91 Å². The van der Waals surface area contributed by atoms with Gasteiger partial charge in [0.1, 0.15) is 0 Å². The fourth-order valence-electron chi connectivity index (χ4n) is 2.67. The Balaban J connectivity index is 2.06. The Hall–Kier alpha value is -2.30. The Morgan fingerprint density at radius 2 is 2.05 bits per heavy atom. The Morgan fingerprint density at radius 3 is 2.90 bits per heavy atom. The van der Waals surface area contributed by atoms with Crippen molar-refractivity contribution in [2.75, 3.05) is 37.3 Å². The van der Waals surface area contributed by atoms with Crippen LogP contribution in [-0.2, 0) is 4.79 Å². The van der Waals surface area contributed by atoms with Crippen LogP contribution in [-0.4, -0.2) is 42.5 Å². The van der Waals surface area contributed by atoms with Gasteiger partial charge in [-0.1, -0.05) is 0 Å². The number of carbonyl (C=O) groups is 1. The van der Waals surface area contributed by atoms with Crippen LogP contribution >= 0.6 is 0 Å². The lowest BCUT2D eigenvalue weighted by Crippen LogP contribution is -2.34. The summed E-state index contributed by atoms with van der Waals surface area (Å²) in [4.78, 5) is 20.1. The maximum Gasteiger partial charge on any atom is 0.241 e. The maximum atomic E-state index is 12.0. The molecule has 1 aliphatic heterocycles. The number of hydrogen-bond acceptors (Lipinski definition) is 4. The molecular weight excluding hydrogens is 252 g/mol. The molecule has 0 spiro atoms. The van der Waals surface area contributed by atoms with Crippen LogP contribution in [0.25, 0.3) is 10.8 Å². The molecule has 0 unspecified atom stereocenters. The van der Waals surface area contributed by atoms with Gasteiger partial charge in [-0.3, -0.25) is 9.78 Å². The molecule has 3 rings (SSSR count). The summed E-state index contributed by atoms with van der Waals surface area (Å²) >= 11 is 0. The van der Waals surface area contributed by atoms with Crippen molar-refractivity contribution in [3.63, 3.8) is 0 Å². The van der Waals surface area contributed by atoms with E-state index in [0.717, 1.165) is 41.7 Å². The number of aromatic nitrogens is 1. The highest BCUT2D eigenvalue weighted by Crippen LogP contribution is 2.30. The van der Waals surface area contributed by atoms with Crippen LogP contribution in [0.3, 0.4) is 0 Å². The van der Waals surface area contributed by atoms with E-state index in [9.17, 15) is 4.79 Å². The summed E-state index contributed by atoms with van der Waals surface area (Å²) < 4.78 is 0. The van der Waals surface area contributed by atoms with Crippen molar-refractivity contribution in [3.05, 3.63) is 30.6 Å². The quantitative estimate of drug-likeness (QED) is 0.797. The van der Waals surface area contributed by atoms with Crippen LogP contribution in [0.2, 0.25) is 0 Å². The molecule has 20 heavy (non-hydrogen) atoms. The molecule has 2 aromatic rings. The van der Waals surface area contributed by atoms with E-state index in [1.807, 2.05) is 31.4 Å². The van der Waals surface area contributed by atoms with Crippen molar-refractivity contribution >= 4 is 28.1 Å². The van der Waals surface area contributed by atoms with Crippen LogP contribution in [0.1, 0.15) is 6.42 Å². The number of nitrogens with zero attached hydrogens (tertiary/aromatic N) is 3. The normalized spacial score (nSPS) is 16.6. The lowest BCUT2D eigenvalue weighted by Gasteiger charge is -2.23. The fraction of sp³-hybridized carbons (Fsp3) is 0.333. The summed E-state index contributed by atoms with van der Waals surface area (Å²) in [5.74, 6) is 0.149. The lowest BCUT2D eigenvalue weighted by molar-refractivity contribution is -0.127. The lowest BCUT2D eigenvalue weighted by atomic mass is 10.1. The van der Waals surface area contributed by atoms with Crippen molar-refractivity contribution in [1.82, 2.24) is 9.88 Å². The minimum atomic E-state index is 0.149. The Morgan fingerprint density at radius 1 is 1.20 bits per heavy atom. The van der Waals surface area contributed by atoms with Crippen LogP contribution in [0.5, 0.6) is 0 Å². The minimum Gasteiger partial charge on any atom is -0.398 e. The monoisotopic (exact) mass is 270 g/mol. The van der Waals surface area contributed by atoms with E-state index in [-0.39, 0.29) is 5.91 Å². The summed E-state index contributed by atoms with van der Waals surface area (Å²) in [6.07, 6.45) is 4.53. The minimum absolute atomic E-state index is 0.149. The van der Waals surface area contributed by atoms with E-state index in [0.29, 0.717) is 6.54 Å². The number of likely N-dealkylation sites (N-methyl/N-ethyl adjacent to an activating group) is 1. The molecular formula is C15H18N4O. The molecule has 2 heterocycles. The van der Waals surface area contributed by atoms with Gasteiger partial charge in [0.05, 0.1) is 6.54 Å². The number of nitrogens with two attached hydrogens (primary N) is 1. The van der Waals surface area contributed by atoms with Gasteiger partial charge in [0, 0.05) is 54.7 Å². The number of carbonyl (C=O) groups excluding carboxylic acids is 1. The average molecular weight is 270 g/mol. The third-order valence-electron chi connectivity index (χ3n) is 3.84. The van der Waals surface area contributed by atoms with Crippen molar-refractivity contribution in [3.8, 4) is 0 Å². The van der Waals surface area contributed by atoms with Crippen molar-refractivity contribution < 1.29 is 4.79 Å². The molecule has 5 heteroatoms. The van der Waals surface area contributed by atoms with Crippen molar-refractivity contribution in [2.24, 2.45) is 0 Å². The van der Waals surface area contributed by atoms with Gasteiger partial charge in [0.25, 0.3) is 0 Å². The highest BCUT2D eigenvalue weighted by Gasteiger charge is 2.20. The van der Waals surface area contributed by atoms with E-state index < -0.39 is 0 Å². The van der Waals surface area contributed by atoms with E-state index in [4.69, 9.17) is 5.73 Å². The van der Waals surface area contributed by atoms with E-state index in [1.165, 1.54) is 0 Å².